The van der Waals surface area contributed by atoms with Crippen molar-refractivity contribution in [3.8, 4) is 0 Å². The third-order valence-corrected chi connectivity index (χ3v) is 4.02. The van der Waals surface area contributed by atoms with Crippen LogP contribution in [0, 0.1) is 6.92 Å². The highest BCUT2D eigenvalue weighted by Crippen LogP contribution is 2.19. The molecule has 0 fully saturated rings. The Balaban J connectivity index is 2.85. The molecular weight excluding hydrogens is 238 g/mol. The summed E-state index contributed by atoms with van der Waals surface area (Å²) in [4.78, 5) is 4.20. The highest BCUT2D eigenvalue weighted by molar-refractivity contribution is 7.89. The number of hydrogen-bond donors (Lipinski definition) is 1. The summed E-state index contributed by atoms with van der Waals surface area (Å²) in [6, 6.07) is 3.76. The molecule has 2 rings (SSSR count). The van der Waals surface area contributed by atoms with E-state index in [0.717, 1.165) is 11.4 Å². The molecule has 2 heterocycles. The van der Waals surface area contributed by atoms with Gasteiger partial charge in [-0.15, -0.1) is 0 Å². The molecule has 5 nitrogen and oxygen atoms in total. The van der Waals surface area contributed by atoms with Gasteiger partial charge in [-0.25, -0.2) is 18.1 Å². The van der Waals surface area contributed by atoms with Crippen LogP contribution in [0.1, 0.15) is 18.3 Å². The lowest BCUT2D eigenvalue weighted by molar-refractivity contribution is 0.586. The number of nitrogens with zero attached hydrogens (tertiary/aromatic N) is 2. The zero-order valence-corrected chi connectivity index (χ0v) is 10.9. The fourth-order valence-corrected chi connectivity index (χ4v) is 2.62. The first-order chi connectivity index (χ1) is 7.99. The molecule has 6 heteroatoms. The first kappa shape index (κ1) is 12.1. The van der Waals surface area contributed by atoms with Crippen molar-refractivity contribution >= 4 is 15.5 Å². The second-order valence-corrected chi connectivity index (χ2v) is 5.66. The first-order valence-corrected chi connectivity index (χ1v) is 6.89. The third-order valence-electron chi connectivity index (χ3n) is 2.68. The molecular formula is C11H15N3O2S. The van der Waals surface area contributed by atoms with Crippen LogP contribution in [0.2, 0.25) is 0 Å². The van der Waals surface area contributed by atoms with Gasteiger partial charge in [0.1, 0.15) is 5.82 Å². The number of pyridine rings is 1. The van der Waals surface area contributed by atoms with Crippen molar-refractivity contribution in [3.05, 3.63) is 29.7 Å². The minimum atomic E-state index is -3.51. The molecule has 0 aliphatic heterocycles. The van der Waals surface area contributed by atoms with Gasteiger partial charge in [-0.2, -0.15) is 0 Å². The highest BCUT2D eigenvalue weighted by atomic mass is 32.2. The van der Waals surface area contributed by atoms with Gasteiger partial charge in [-0.3, -0.25) is 0 Å². The largest absolute Gasteiger partial charge is 0.302 e. The molecule has 0 radical (unpaired) electrons. The predicted octanol–water partition coefficient (Wildman–Crippen LogP) is 1.11. The number of fused-ring (bicyclic) bond motifs is 1. The lowest BCUT2D eigenvalue weighted by Crippen LogP contribution is -2.19. The third kappa shape index (κ3) is 1.94. The first-order valence-electron chi connectivity index (χ1n) is 5.40. The van der Waals surface area contributed by atoms with Crippen LogP contribution in [0.25, 0.3) is 5.52 Å². The lowest BCUT2D eigenvalue weighted by Gasteiger charge is -2.00. The Hall–Kier alpha value is -1.40. The molecule has 92 valence electrons. The summed E-state index contributed by atoms with van der Waals surface area (Å²) in [6.45, 7) is 3.87. The summed E-state index contributed by atoms with van der Waals surface area (Å²) in [5.41, 5.74) is 1.63. The number of aromatic nitrogens is 2. The number of aryl methyl sites for hydroxylation is 2. The molecule has 0 unspecified atom stereocenters. The van der Waals surface area contributed by atoms with Crippen molar-refractivity contribution in [2.45, 2.75) is 25.3 Å². The molecule has 0 aliphatic carbocycles. The fourth-order valence-electron chi connectivity index (χ4n) is 1.77. The van der Waals surface area contributed by atoms with Gasteiger partial charge in [-0.05, 0) is 31.7 Å². The van der Waals surface area contributed by atoms with Gasteiger partial charge in [0.05, 0.1) is 5.52 Å². The zero-order valence-electron chi connectivity index (χ0n) is 10.1. The quantitative estimate of drug-likeness (QED) is 0.891. The second kappa shape index (κ2) is 4.12. The van der Waals surface area contributed by atoms with E-state index in [9.17, 15) is 8.42 Å². The molecule has 0 atom stereocenters. The zero-order chi connectivity index (χ0) is 12.6. The van der Waals surface area contributed by atoms with Crippen molar-refractivity contribution < 1.29 is 8.42 Å². The van der Waals surface area contributed by atoms with Gasteiger partial charge in [0.15, 0.2) is 5.03 Å². The Morgan fingerprint density at radius 1 is 1.47 bits per heavy atom. The number of sulfonamides is 1. The van der Waals surface area contributed by atoms with E-state index >= 15 is 0 Å². The summed E-state index contributed by atoms with van der Waals surface area (Å²) >= 11 is 0. The van der Waals surface area contributed by atoms with Crippen molar-refractivity contribution in [3.63, 3.8) is 0 Å². The van der Waals surface area contributed by atoms with E-state index in [-0.39, 0.29) is 5.03 Å². The van der Waals surface area contributed by atoms with Crippen molar-refractivity contribution in [1.29, 1.82) is 0 Å². The summed E-state index contributed by atoms with van der Waals surface area (Å²) < 4.78 is 27.9. The highest BCUT2D eigenvalue weighted by Gasteiger charge is 2.21. The molecule has 0 saturated carbocycles. The summed E-state index contributed by atoms with van der Waals surface area (Å²) in [5, 5.41) is 0.0977. The van der Waals surface area contributed by atoms with Crippen LogP contribution in [0.3, 0.4) is 0 Å². The number of rotatable bonds is 3. The molecule has 0 saturated heterocycles. The molecule has 0 amide bonds. The van der Waals surface area contributed by atoms with E-state index in [2.05, 4.69) is 9.71 Å². The molecule has 2 aromatic heterocycles. The predicted molar refractivity (Wildman–Crippen MR) is 65.6 cm³/mol. The van der Waals surface area contributed by atoms with Gasteiger partial charge in [0, 0.05) is 12.6 Å². The average molecular weight is 253 g/mol. The van der Waals surface area contributed by atoms with Crippen LogP contribution in [-0.2, 0) is 16.4 Å². The molecule has 0 bridgehead atoms. The van der Waals surface area contributed by atoms with E-state index in [4.69, 9.17) is 0 Å². The van der Waals surface area contributed by atoms with Crippen molar-refractivity contribution in [1.82, 2.24) is 14.1 Å². The van der Waals surface area contributed by atoms with Crippen LogP contribution < -0.4 is 4.72 Å². The average Bonchev–Trinajstić information content (AvgIpc) is 2.67. The maximum Gasteiger partial charge on any atom is 0.259 e. The Bertz CT molecular complexity index is 659. The smallest absolute Gasteiger partial charge is 0.259 e. The van der Waals surface area contributed by atoms with Gasteiger partial charge < -0.3 is 4.40 Å². The molecule has 2 aromatic rings. The Morgan fingerprint density at radius 3 is 2.76 bits per heavy atom. The lowest BCUT2D eigenvalue weighted by atomic mass is 10.3. The molecule has 0 spiro atoms. The van der Waals surface area contributed by atoms with Crippen molar-refractivity contribution in [2.24, 2.45) is 0 Å². The van der Waals surface area contributed by atoms with E-state index in [1.807, 2.05) is 36.6 Å². The summed E-state index contributed by atoms with van der Waals surface area (Å²) in [7, 11) is -2.12. The topological polar surface area (TPSA) is 63.5 Å². The Labute approximate surface area is 101 Å². The van der Waals surface area contributed by atoms with Crippen molar-refractivity contribution in [2.75, 3.05) is 7.05 Å². The van der Waals surface area contributed by atoms with E-state index in [1.165, 1.54) is 7.05 Å². The second-order valence-electron chi connectivity index (χ2n) is 3.85. The van der Waals surface area contributed by atoms with Crippen LogP contribution in [0.15, 0.2) is 23.4 Å². The number of imidazole rings is 1. The van der Waals surface area contributed by atoms with Crippen LogP contribution in [0.5, 0.6) is 0 Å². The van der Waals surface area contributed by atoms with E-state index in [1.54, 1.807) is 0 Å². The molecule has 17 heavy (non-hydrogen) atoms. The Kier molecular flexibility index (Phi) is 2.92. The monoisotopic (exact) mass is 253 g/mol. The summed E-state index contributed by atoms with van der Waals surface area (Å²) in [5.74, 6) is 0.744. The maximum absolute atomic E-state index is 11.9. The fraction of sp³-hybridized carbons (Fsp3) is 0.364. The van der Waals surface area contributed by atoms with Crippen LogP contribution in [0.4, 0.5) is 0 Å². The van der Waals surface area contributed by atoms with E-state index in [0.29, 0.717) is 11.9 Å². The summed E-state index contributed by atoms with van der Waals surface area (Å²) in [6.07, 6.45) is 2.54. The SMILES string of the molecule is CCc1nc(S(=O)(=O)NC)c2cc(C)ccn12. The Morgan fingerprint density at radius 2 is 2.18 bits per heavy atom. The minimum absolute atomic E-state index is 0.0977. The minimum Gasteiger partial charge on any atom is -0.302 e. The standard InChI is InChI=1S/C11H15N3O2S/c1-4-10-13-11(17(15,16)12-3)9-7-8(2)5-6-14(9)10/h5-7,12H,4H2,1-3H3. The molecule has 0 aromatic carbocycles. The maximum atomic E-state index is 11.9. The van der Waals surface area contributed by atoms with Gasteiger partial charge in [0.2, 0.25) is 0 Å². The van der Waals surface area contributed by atoms with Gasteiger partial charge in [-0.1, -0.05) is 6.92 Å². The van der Waals surface area contributed by atoms with E-state index < -0.39 is 10.0 Å². The molecule has 1 N–H and O–H groups in total. The van der Waals surface area contributed by atoms with Gasteiger partial charge in [0.25, 0.3) is 10.0 Å². The molecule has 0 aliphatic rings. The normalized spacial score (nSPS) is 12.2. The number of hydrogen-bond acceptors (Lipinski definition) is 3. The van der Waals surface area contributed by atoms with Crippen LogP contribution >= 0.6 is 0 Å². The van der Waals surface area contributed by atoms with Crippen LogP contribution in [-0.4, -0.2) is 24.9 Å². The number of nitrogens with one attached hydrogen (secondary N) is 1. The van der Waals surface area contributed by atoms with Gasteiger partial charge >= 0.3 is 0 Å².